The Hall–Kier alpha value is -0.340. The zero-order chi connectivity index (χ0) is 14.8. The topological polar surface area (TPSA) is 69.6 Å². The van der Waals surface area contributed by atoms with Crippen LogP contribution < -0.4 is 4.72 Å². The SMILES string of the molecule is O=S(=O)(Nc1ccc(Cl)cc1Br)N1CCC(CO)CC1. The van der Waals surface area contributed by atoms with E-state index < -0.39 is 10.2 Å². The molecular weight excluding hydrogens is 368 g/mol. The Labute approximate surface area is 132 Å². The molecule has 1 fully saturated rings. The summed E-state index contributed by atoms with van der Waals surface area (Å²) in [5.41, 5.74) is 0.457. The highest BCUT2D eigenvalue weighted by Gasteiger charge is 2.28. The van der Waals surface area contributed by atoms with Gasteiger partial charge in [-0.25, -0.2) is 0 Å². The number of nitrogens with one attached hydrogen (secondary N) is 1. The van der Waals surface area contributed by atoms with Gasteiger partial charge in [-0.1, -0.05) is 11.6 Å². The van der Waals surface area contributed by atoms with Gasteiger partial charge in [0.1, 0.15) is 0 Å². The van der Waals surface area contributed by atoms with Gasteiger partial charge >= 0.3 is 10.2 Å². The molecule has 8 heteroatoms. The van der Waals surface area contributed by atoms with E-state index >= 15 is 0 Å². The van der Waals surface area contributed by atoms with Gasteiger partial charge < -0.3 is 5.11 Å². The largest absolute Gasteiger partial charge is 0.396 e. The fourth-order valence-electron chi connectivity index (χ4n) is 2.11. The lowest BCUT2D eigenvalue weighted by Crippen LogP contribution is -2.42. The van der Waals surface area contributed by atoms with E-state index in [0.717, 1.165) is 0 Å². The number of anilines is 1. The molecule has 0 bridgehead atoms. The van der Waals surface area contributed by atoms with Crippen molar-refractivity contribution in [1.82, 2.24) is 4.31 Å². The molecule has 0 saturated carbocycles. The van der Waals surface area contributed by atoms with Gasteiger partial charge in [-0.3, -0.25) is 4.72 Å². The lowest BCUT2D eigenvalue weighted by molar-refractivity contribution is 0.170. The van der Waals surface area contributed by atoms with Gasteiger partial charge in [-0.15, -0.1) is 0 Å². The third kappa shape index (κ3) is 3.85. The van der Waals surface area contributed by atoms with Crippen molar-refractivity contribution in [3.05, 3.63) is 27.7 Å². The van der Waals surface area contributed by atoms with Crippen molar-refractivity contribution < 1.29 is 13.5 Å². The van der Waals surface area contributed by atoms with Crippen molar-refractivity contribution in [2.24, 2.45) is 5.92 Å². The Morgan fingerprint density at radius 1 is 1.40 bits per heavy atom. The first-order valence-electron chi connectivity index (χ1n) is 6.26. The van der Waals surface area contributed by atoms with E-state index in [2.05, 4.69) is 20.7 Å². The highest BCUT2D eigenvalue weighted by molar-refractivity contribution is 9.10. The number of hydrogen-bond donors (Lipinski definition) is 2. The van der Waals surface area contributed by atoms with Gasteiger partial charge in [0.2, 0.25) is 0 Å². The standard InChI is InChI=1S/C12H16BrClN2O3S/c13-11-7-10(14)1-2-12(11)15-20(18,19)16-5-3-9(8-17)4-6-16/h1-2,7,9,15,17H,3-6,8H2. The van der Waals surface area contributed by atoms with Crippen LogP contribution in [0.25, 0.3) is 0 Å². The van der Waals surface area contributed by atoms with E-state index in [1.165, 1.54) is 4.31 Å². The molecule has 2 rings (SSSR count). The zero-order valence-electron chi connectivity index (χ0n) is 10.7. The van der Waals surface area contributed by atoms with Crippen molar-refractivity contribution in [1.29, 1.82) is 0 Å². The van der Waals surface area contributed by atoms with Crippen LogP contribution in [0.1, 0.15) is 12.8 Å². The molecule has 1 aromatic rings. The van der Waals surface area contributed by atoms with Crippen LogP contribution in [0.15, 0.2) is 22.7 Å². The van der Waals surface area contributed by atoms with Crippen molar-refractivity contribution in [2.75, 3.05) is 24.4 Å². The third-order valence-corrected chi connectivity index (χ3v) is 5.76. The Balaban J connectivity index is 2.08. The number of nitrogens with zero attached hydrogens (tertiary/aromatic N) is 1. The first kappa shape index (κ1) is 16.0. The van der Waals surface area contributed by atoms with Crippen molar-refractivity contribution in [3.8, 4) is 0 Å². The highest BCUT2D eigenvalue weighted by Crippen LogP contribution is 2.28. The Bertz CT molecular complexity index is 574. The molecule has 0 aliphatic carbocycles. The number of halogens is 2. The normalized spacial score (nSPS) is 18.1. The van der Waals surface area contributed by atoms with Crippen LogP contribution in [0.3, 0.4) is 0 Å². The minimum Gasteiger partial charge on any atom is -0.396 e. The van der Waals surface area contributed by atoms with Gasteiger partial charge in [0.15, 0.2) is 0 Å². The zero-order valence-corrected chi connectivity index (χ0v) is 13.9. The highest BCUT2D eigenvalue weighted by atomic mass is 79.9. The average molecular weight is 384 g/mol. The number of piperidine rings is 1. The van der Waals surface area contributed by atoms with Crippen molar-refractivity contribution in [2.45, 2.75) is 12.8 Å². The summed E-state index contributed by atoms with van der Waals surface area (Å²) in [6.07, 6.45) is 1.36. The second kappa shape index (κ2) is 6.62. The molecule has 0 radical (unpaired) electrons. The van der Waals surface area contributed by atoms with Gasteiger partial charge in [0.05, 0.1) is 5.69 Å². The maximum absolute atomic E-state index is 12.3. The number of aliphatic hydroxyl groups excluding tert-OH is 1. The van der Waals surface area contributed by atoms with Crippen molar-refractivity contribution in [3.63, 3.8) is 0 Å². The monoisotopic (exact) mass is 382 g/mol. The van der Waals surface area contributed by atoms with Crippen LogP contribution in [0, 0.1) is 5.92 Å². The molecular formula is C12H16BrClN2O3S. The van der Waals surface area contributed by atoms with Gasteiger partial charge in [0, 0.05) is 29.2 Å². The minimum absolute atomic E-state index is 0.115. The molecule has 1 aliphatic heterocycles. The molecule has 1 heterocycles. The summed E-state index contributed by atoms with van der Waals surface area (Å²) in [5, 5.41) is 9.61. The maximum atomic E-state index is 12.3. The summed E-state index contributed by atoms with van der Waals surface area (Å²) in [5.74, 6) is 0.198. The molecule has 20 heavy (non-hydrogen) atoms. The number of rotatable bonds is 4. The molecule has 112 valence electrons. The summed E-state index contributed by atoms with van der Waals surface area (Å²) < 4.78 is 29.1. The van der Waals surface area contributed by atoms with Crippen LogP contribution in [0.5, 0.6) is 0 Å². The van der Waals surface area contributed by atoms with Crippen molar-refractivity contribution >= 4 is 43.4 Å². The Kier molecular flexibility index (Phi) is 5.30. The summed E-state index contributed by atoms with van der Waals surface area (Å²) >= 11 is 9.11. The molecule has 1 aromatic carbocycles. The molecule has 2 N–H and O–H groups in total. The number of aliphatic hydroxyl groups is 1. The van der Waals surface area contributed by atoms with Gasteiger partial charge in [-0.05, 0) is 52.9 Å². The molecule has 0 spiro atoms. The summed E-state index contributed by atoms with van der Waals surface area (Å²) in [7, 11) is -3.57. The molecule has 1 saturated heterocycles. The second-order valence-corrected chi connectivity index (χ2v) is 7.72. The lowest BCUT2D eigenvalue weighted by Gasteiger charge is -2.30. The first-order valence-corrected chi connectivity index (χ1v) is 8.87. The molecule has 0 unspecified atom stereocenters. The number of benzene rings is 1. The Morgan fingerprint density at radius 3 is 2.60 bits per heavy atom. The summed E-state index contributed by atoms with van der Waals surface area (Å²) in [4.78, 5) is 0. The fraction of sp³-hybridized carbons (Fsp3) is 0.500. The molecule has 0 aromatic heterocycles. The summed E-state index contributed by atoms with van der Waals surface area (Å²) in [6, 6.07) is 4.88. The smallest absolute Gasteiger partial charge is 0.301 e. The quantitative estimate of drug-likeness (QED) is 0.839. The molecule has 1 aliphatic rings. The van der Waals surface area contributed by atoms with E-state index in [1.54, 1.807) is 18.2 Å². The summed E-state index contributed by atoms with van der Waals surface area (Å²) in [6.45, 7) is 0.960. The van der Waals surface area contributed by atoms with Crippen LogP contribution >= 0.6 is 27.5 Å². The predicted molar refractivity (Wildman–Crippen MR) is 83.1 cm³/mol. The fourth-order valence-corrected chi connectivity index (χ4v) is 4.30. The van der Waals surface area contributed by atoms with Gasteiger partial charge in [-0.2, -0.15) is 12.7 Å². The number of hydrogen-bond acceptors (Lipinski definition) is 3. The lowest BCUT2D eigenvalue weighted by atomic mass is 10.00. The second-order valence-electron chi connectivity index (χ2n) is 4.76. The first-order chi connectivity index (χ1) is 9.42. The van der Waals surface area contributed by atoms with E-state index in [1.807, 2.05) is 0 Å². The molecule has 5 nitrogen and oxygen atoms in total. The average Bonchev–Trinajstić information content (AvgIpc) is 2.42. The van der Waals surface area contributed by atoms with E-state index in [9.17, 15) is 8.42 Å². The minimum atomic E-state index is -3.57. The van der Waals surface area contributed by atoms with Crippen LogP contribution in [-0.4, -0.2) is 37.5 Å². The van der Waals surface area contributed by atoms with Crippen LogP contribution in [0.2, 0.25) is 5.02 Å². The molecule has 0 atom stereocenters. The molecule has 0 amide bonds. The van der Waals surface area contributed by atoms with Crippen LogP contribution in [0.4, 0.5) is 5.69 Å². The van der Waals surface area contributed by atoms with Crippen LogP contribution in [-0.2, 0) is 10.2 Å². The van der Waals surface area contributed by atoms with E-state index in [-0.39, 0.29) is 12.5 Å². The van der Waals surface area contributed by atoms with E-state index in [4.69, 9.17) is 16.7 Å². The predicted octanol–water partition coefficient (Wildman–Crippen LogP) is 2.46. The van der Waals surface area contributed by atoms with Gasteiger partial charge in [0.25, 0.3) is 0 Å². The maximum Gasteiger partial charge on any atom is 0.301 e. The third-order valence-electron chi connectivity index (χ3n) is 3.34. The Morgan fingerprint density at radius 2 is 2.05 bits per heavy atom. The van der Waals surface area contributed by atoms with E-state index in [0.29, 0.717) is 41.1 Å².